The molecule has 2 heterocycles. The molecule has 2 aliphatic rings. The summed E-state index contributed by atoms with van der Waals surface area (Å²) >= 11 is 0. The third-order valence-electron chi connectivity index (χ3n) is 4.60. The van der Waals surface area contributed by atoms with Gasteiger partial charge in [-0.25, -0.2) is 0 Å². The van der Waals surface area contributed by atoms with Crippen molar-refractivity contribution >= 4 is 27.6 Å². The van der Waals surface area contributed by atoms with Crippen molar-refractivity contribution in [3.8, 4) is 5.75 Å². The van der Waals surface area contributed by atoms with Gasteiger partial charge in [0.2, 0.25) is 0 Å². The van der Waals surface area contributed by atoms with Crippen LogP contribution in [0.1, 0.15) is 18.4 Å². The molecule has 2 aromatic carbocycles. The van der Waals surface area contributed by atoms with E-state index in [-0.39, 0.29) is 8.41 Å². The van der Waals surface area contributed by atoms with Gasteiger partial charge in [0.15, 0.2) is 0 Å². The highest BCUT2D eigenvalue weighted by Gasteiger charge is 2.44. The zero-order chi connectivity index (χ0) is 15.1. The molecule has 0 unspecified atom stereocenters. The molecular weight excluding hydrogens is 302 g/mol. The van der Waals surface area contributed by atoms with Crippen molar-refractivity contribution < 1.29 is 5.11 Å². The Morgan fingerprint density at radius 2 is 1.91 bits per heavy atom. The highest BCUT2D eigenvalue weighted by atomic mass is 31.1. The van der Waals surface area contributed by atoms with E-state index in [0.717, 1.165) is 18.4 Å². The summed E-state index contributed by atoms with van der Waals surface area (Å²) < 4.78 is 5.13. The molecule has 0 saturated carbocycles. The van der Waals surface area contributed by atoms with Crippen molar-refractivity contribution in [2.24, 2.45) is 0 Å². The normalized spacial score (nSPS) is 23.6. The number of fused-ring (bicyclic) bond motifs is 1. The quantitative estimate of drug-likeness (QED) is 0.679. The van der Waals surface area contributed by atoms with Crippen LogP contribution >= 0.6 is 8.22 Å². The highest BCUT2D eigenvalue weighted by molar-refractivity contribution is 7.65. The minimum absolute atomic E-state index is 0. The monoisotopic (exact) mass is 323 g/mol. The van der Waals surface area contributed by atoms with Crippen molar-refractivity contribution in [3.63, 3.8) is 0 Å². The van der Waals surface area contributed by atoms with Gasteiger partial charge in [-0.15, -0.1) is 0 Å². The molecule has 2 aromatic rings. The van der Waals surface area contributed by atoms with Gasteiger partial charge >= 0.3 is 0 Å². The second-order valence-electron chi connectivity index (χ2n) is 6.16. The highest BCUT2D eigenvalue weighted by Crippen LogP contribution is 2.56. The summed E-state index contributed by atoms with van der Waals surface area (Å²) in [4.78, 5) is 0. The first-order chi connectivity index (χ1) is 10.7. The van der Waals surface area contributed by atoms with Crippen LogP contribution in [0.4, 0.5) is 5.69 Å². The zero-order valence-corrected chi connectivity index (χ0v) is 14.3. The van der Waals surface area contributed by atoms with E-state index < -0.39 is 8.22 Å². The Kier molecular flexibility index (Phi) is 4.66. The predicted octanol–water partition coefficient (Wildman–Crippen LogP) is 3.24. The van der Waals surface area contributed by atoms with Crippen LogP contribution in [-0.2, 0) is 0 Å². The number of phenolic OH excluding ortho intramolecular Hbond substituents is 1. The molecule has 0 bridgehead atoms. The first-order valence-electron chi connectivity index (χ1n) is 7.93. The number of aryl methyl sites for hydroxylation is 1. The molecule has 4 rings (SSSR count). The summed E-state index contributed by atoms with van der Waals surface area (Å²) in [6, 6.07) is 17.3. The standard InChI is InChI=1S/C18H21N2OP.B/c1-14-9-10-17(21)18(12-14)22-19-11-5-8-16(19)13-20(22)15-6-3-2-4-7-15;/h2-4,6-7,9-10,12,16,21H,5,8,11,13H2,1H3;/t16-,22-;/m0./s1. The summed E-state index contributed by atoms with van der Waals surface area (Å²) in [7, 11) is -0.641. The molecule has 23 heavy (non-hydrogen) atoms. The Morgan fingerprint density at radius 3 is 2.70 bits per heavy atom. The van der Waals surface area contributed by atoms with Crippen molar-refractivity contribution in [2.45, 2.75) is 25.8 Å². The smallest absolute Gasteiger partial charge is 0.126 e. The fourth-order valence-electron chi connectivity index (χ4n) is 3.55. The maximum absolute atomic E-state index is 10.4. The topological polar surface area (TPSA) is 26.7 Å². The molecule has 0 aromatic heterocycles. The van der Waals surface area contributed by atoms with Crippen LogP contribution in [-0.4, -0.2) is 37.3 Å². The number of para-hydroxylation sites is 1. The maximum Gasteiger partial charge on any atom is 0.126 e. The van der Waals surface area contributed by atoms with Gasteiger partial charge in [-0.3, -0.25) is 4.67 Å². The molecule has 2 fully saturated rings. The molecule has 1 N–H and O–H groups in total. The van der Waals surface area contributed by atoms with E-state index in [9.17, 15) is 5.11 Å². The van der Waals surface area contributed by atoms with Crippen LogP contribution < -0.4 is 9.97 Å². The number of rotatable bonds is 2. The second kappa shape index (κ2) is 6.55. The number of nitrogens with zero attached hydrogens (tertiary/aromatic N) is 2. The fraction of sp³-hybridized carbons (Fsp3) is 0.333. The minimum atomic E-state index is -0.641. The lowest BCUT2D eigenvalue weighted by Gasteiger charge is -2.31. The SMILES string of the molecule is Cc1ccc(O)c([P@]2N(c3ccccc3)C[C@@H]3CCCN32)c1.[B]. The van der Waals surface area contributed by atoms with Crippen LogP contribution in [0.2, 0.25) is 0 Å². The molecule has 0 spiro atoms. The lowest BCUT2D eigenvalue weighted by atomic mass is 10.2. The van der Waals surface area contributed by atoms with Gasteiger partial charge in [0.05, 0.1) is 5.30 Å². The van der Waals surface area contributed by atoms with Crippen molar-refractivity contribution in [3.05, 3.63) is 54.1 Å². The second-order valence-corrected chi connectivity index (χ2v) is 8.22. The zero-order valence-electron chi connectivity index (χ0n) is 13.4. The summed E-state index contributed by atoms with van der Waals surface area (Å²) in [5.74, 6) is 0.435. The van der Waals surface area contributed by atoms with Crippen LogP contribution in [0.5, 0.6) is 5.75 Å². The van der Waals surface area contributed by atoms with Crippen LogP contribution in [0.3, 0.4) is 0 Å². The summed E-state index contributed by atoms with van der Waals surface area (Å²) in [5.41, 5.74) is 2.48. The maximum atomic E-state index is 10.4. The number of hydrogen-bond acceptors (Lipinski definition) is 3. The van der Waals surface area contributed by atoms with Gasteiger partial charge < -0.3 is 9.78 Å². The molecule has 3 radical (unpaired) electrons. The first kappa shape index (κ1) is 16.4. The summed E-state index contributed by atoms with van der Waals surface area (Å²) in [6.45, 7) is 4.32. The molecule has 0 aliphatic carbocycles. The Morgan fingerprint density at radius 1 is 1.13 bits per heavy atom. The molecular formula is C18H21BN2OP. The number of hydrogen-bond donors (Lipinski definition) is 1. The van der Waals surface area contributed by atoms with E-state index >= 15 is 0 Å². The van der Waals surface area contributed by atoms with Crippen LogP contribution in [0.15, 0.2) is 48.5 Å². The van der Waals surface area contributed by atoms with E-state index in [1.807, 2.05) is 12.1 Å². The molecule has 5 heteroatoms. The lowest BCUT2D eigenvalue weighted by molar-refractivity contribution is 0.464. The summed E-state index contributed by atoms with van der Waals surface area (Å²) in [6.07, 6.45) is 2.55. The lowest BCUT2D eigenvalue weighted by Crippen LogP contribution is -2.23. The molecule has 2 atom stereocenters. The molecule has 2 saturated heterocycles. The van der Waals surface area contributed by atoms with Crippen molar-refractivity contribution in [2.75, 3.05) is 17.8 Å². The largest absolute Gasteiger partial charge is 0.507 e. The third kappa shape index (κ3) is 2.86. The van der Waals surface area contributed by atoms with E-state index in [4.69, 9.17) is 0 Å². The Hall–Kier alpha value is -1.51. The Bertz CT molecular complexity index is 682. The number of aromatic hydroxyl groups is 1. The molecule has 0 amide bonds. The molecule has 3 nitrogen and oxygen atoms in total. The Labute approximate surface area is 141 Å². The van der Waals surface area contributed by atoms with Gasteiger partial charge in [-0.1, -0.05) is 29.8 Å². The third-order valence-corrected chi connectivity index (χ3v) is 7.26. The van der Waals surface area contributed by atoms with Gasteiger partial charge in [0.25, 0.3) is 0 Å². The van der Waals surface area contributed by atoms with Gasteiger partial charge in [0.1, 0.15) is 14.0 Å². The minimum Gasteiger partial charge on any atom is -0.507 e. The number of phenols is 1. The van der Waals surface area contributed by atoms with Gasteiger partial charge in [-0.05, 0) is 44.0 Å². The van der Waals surface area contributed by atoms with Gasteiger partial charge in [0, 0.05) is 33.2 Å². The average Bonchev–Trinajstić information content (AvgIpc) is 3.11. The van der Waals surface area contributed by atoms with E-state index in [0.29, 0.717) is 11.8 Å². The molecule has 2 aliphatic heterocycles. The van der Waals surface area contributed by atoms with Crippen molar-refractivity contribution in [1.82, 2.24) is 4.67 Å². The number of benzene rings is 2. The summed E-state index contributed by atoms with van der Waals surface area (Å²) in [5, 5.41) is 11.5. The van der Waals surface area contributed by atoms with E-state index in [1.165, 1.54) is 24.1 Å². The van der Waals surface area contributed by atoms with E-state index in [1.54, 1.807) is 0 Å². The van der Waals surface area contributed by atoms with Crippen LogP contribution in [0.25, 0.3) is 0 Å². The predicted molar refractivity (Wildman–Crippen MR) is 98.7 cm³/mol. The van der Waals surface area contributed by atoms with Gasteiger partial charge in [-0.2, -0.15) is 0 Å². The Balaban J connectivity index is 0.00000156. The number of anilines is 1. The van der Waals surface area contributed by atoms with E-state index in [2.05, 4.69) is 52.7 Å². The first-order valence-corrected chi connectivity index (χ1v) is 9.17. The van der Waals surface area contributed by atoms with Crippen molar-refractivity contribution in [1.29, 1.82) is 0 Å². The van der Waals surface area contributed by atoms with Crippen LogP contribution in [0, 0.1) is 6.92 Å². The average molecular weight is 323 g/mol. The molecule has 117 valence electrons. The fourth-order valence-corrected chi connectivity index (χ4v) is 6.48.